The predicted molar refractivity (Wildman–Crippen MR) is 197 cm³/mol. The highest BCUT2D eigenvalue weighted by Gasteiger charge is 2.16. The van der Waals surface area contributed by atoms with E-state index in [1.54, 1.807) is 0 Å². The summed E-state index contributed by atoms with van der Waals surface area (Å²) >= 11 is 0. The zero-order valence-corrected chi connectivity index (χ0v) is 26.3. The highest BCUT2D eigenvalue weighted by atomic mass is 14.7. The van der Waals surface area contributed by atoms with Crippen molar-refractivity contribution in [3.8, 4) is 34.2 Å². The minimum atomic E-state index is 0.972. The van der Waals surface area contributed by atoms with Gasteiger partial charge in [-0.3, -0.25) is 4.98 Å². The zero-order valence-electron chi connectivity index (χ0n) is 26.3. The molecule has 1 nitrogen and oxygen atoms in total. The van der Waals surface area contributed by atoms with E-state index >= 15 is 0 Å². The normalized spacial score (nSPS) is 10.5. The van der Waals surface area contributed by atoms with Crippen molar-refractivity contribution in [2.24, 2.45) is 0 Å². The molecule has 6 aromatic carbocycles. The van der Waals surface area contributed by atoms with Gasteiger partial charge in [0.15, 0.2) is 0 Å². The van der Waals surface area contributed by atoms with Crippen molar-refractivity contribution in [2.45, 2.75) is 6.92 Å². The van der Waals surface area contributed by atoms with Crippen LogP contribution in [0.4, 0.5) is 0 Å². The lowest BCUT2D eigenvalue weighted by Gasteiger charge is -2.18. The maximum atomic E-state index is 4.59. The van der Waals surface area contributed by atoms with Crippen LogP contribution in [0.5, 0.6) is 0 Å². The first-order valence-corrected chi connectivity index (χ1v) is 15.9. The van der Waals surface area contributed by atoms with Crippen LogP contribution in [0.1, 0.15) is 38.9 Å². The molecule has 0 aliphatic carbocycles. The van der Waals surface area contributed by atoms with E-state index in [4.69, 9.17) is 0 Å². The van der Waals surface area contributed by atoms with Crippen molar-refractivity contribution in [3.05, 3.63) is 221 Å². The first-order chi connectivity index (χ1) is 23.2. The Morgan fingerprint density at radius 2 is 0.830 bits per heavy atom. The highest BCUT2D eigenvalue weighted by molar-refractivity contribution is 6.04. The summed E-state index contributed by atoms with van der Waals surface area (Å²) < 4.78 is 0. The first-order valence-electron chi connectivity index (χ1n) is 15.9. The van der Waals surface area contributed by atoms with Gasteiger partial charge in [0.2, 0.25) is 0 Å². The van der Waals surface area contributed by atoms with Crippen LogP contribution in [-0.4, -0.2) is 4.98 Å². The second-order valence-corrected chi connectivity index (χ2v) is 11.5. The Balaban J connectivity index is 1.18. The number of aryl methyl sites for hydroxylation is 1. The lowest BCUT2D eigenvalue weighted by molar-refractivity contribution is 1.32. The first kappa shape index (κ1) is 29.5. The summed E-state index contributed by atoms with van der Waals surface area (Å²) in [6, 6.07) is 61.7. The highest BCUT2D eigenvalue weighted by Crippen LogP contribution is 2.36. The number of benzene rings is 6. The van der Waals surface area contributed by atoms with E-state index in [1.165, 1.54) is 33.4 Å². The Hall–Kier alpha value is -6.23. The molecular weight excluding hydrogens is 567 g/mol. The van der Waals surface area contributed by atoms with Gasteiger partial charge in [-0.25, -0.2) is 0 Å². The van der Waals surface area contributed by atoms with E-state index in [0.717, 1.165) is 39.1 Å². The van der Waals surface area contributed by atoms with Crippen LogP contribution in [0.15, 0.2) is 182 Å². The zero-order chi connectivity index (χ0) is 31.8. The molecule has 0 aliphatic heterocycles. The number of aromatic nitrogens is 1. The molecule has 1 heterocycles. The minimum absolute atomic E-state index is 0.972. The standard InChI is InChI=1S/C46H33N/c1-34-17-25-38(26-18-34)44-33-43(31-32-47-44)37-27-21-35(22-28-37)19-20-36-23-29-42(30-24-36)46(41-15-9-4-10-16-41)45(39-11-5-2-6-12-39)40-13-7-3-8-14-40/h2-18,21-33H,1H3. The molecule has 47 heavy (non-hydrogen) atoms. The Labute approximate surface area is 277 Å². The van der Waals surface area contributed by atoms with Gasteiger partial charge >= 0.3 is 0 Å². The Kier molecular flexibility index (Phi) is 8.67. The molecule has 0 radical (unpaired) electrons. The Bertz CT molecular complexity index is 2140. The van der Waals surface area contributed by atoms with Gasteiger partial charge in [0, 0.05) is 22.9 Å². The summed E-state index contributed by atoms with van der Waals surface area (Å²) in [5, 5.41) is 0. The van der Waals surface area contributed by atoms with Crippen molar-refractivity contribution in [3.63, 3.8) is 0 Å². The van der Waals surface area contributed by atoms with E-state index in [-0.39, 0.29) is 0 Å². The van der Waals surface area contributed by atoms with Gasteiger partial charge in [0.25, 0.3) is 0 Å². The quantitative estimate of drug-likeness (QED) is 0.137. The van der Waals surface area contributed by atoms with E-state index in [9.17, 15) is 0 Å². The molecule has 0 saturated heterocycles. The summed E-state index contributed by atoms with van der Waals surface area (Å²) in [7, 11) is 0. The third kappa shape index (κ3) is 6.89. The number of nitrogens with zero attached hydrogens (tertiary/aromatic N) is 1. The van der Waals surface area contributed by atoms with Gasteiger partial charge < -0.3 is 0 Å². The largest absolute Gasteiger partial charge is 0.256 e. The molecule has 7 aromatic rings. The molecule has 0 bridgehead atoms. The molecule has 0 amide bonds. The molecule has 0 spiro atoms. The van der Waals surface area contributed by atoms with Crippen LogP contribution in [-0.2, 0) is 0 Å². The molecule has 222 valence electrons. The number of hydrogen-bond donors (Lipinski definition) is 0. The summed E-state index contributed by atoms with van der Waals surface area (Å²) in [5.74, 6) is 6.74. The van der Waals surface area contributed by atoms with Crippen molar-refractivity contribution >= 4 is 11.1 Å². The second-order valence-electron chi connectivity index (χ2n) is 11.5. The summed E-state index contributed by atoms with van der Waals surface area (Å²) in [5.41, 5.74) is 14.7. The molecule has 0 aliphatic rings. The van der Waals surface area contributed by atoms with Gasteiger partial charge in [-0.05, 0) is 87.8 Å². The van der Waals surface area contributed by atoms with Crippen LogP contribution >= 0.6 is 0 Å². The molecule has 1 heteroatoms. The third-order valence-corrected chi connectivity index (χ3v) is 8.29. The van der Waals surface area contributed by atoms with Crippen LogP contribution in [0, 0.1) is 18.8 Å². The second kappa shape index (κ2) is 13.8. The Morgan fingerprint density at radius 1 is 0.404 bits per heavy atom. The van der Waals surface area contributed by atoms with Crippen molar-refractivity contribution in [1.82, 2.24) is 4.98 Å². The van der Waals surface area contributed by atoms with Crippen LogP contribution < -0.4 is 0 Å². The van der Waals surface area contributed by atoms with E-state index < -0.39 is 0 Å². The maximum Gasteiger partial charge on any atom is 0.0708 e. The minimum Gasteiger partial charge on any atom is -0.256 e. The predicted octanol–water partition coefficient (Wildman–Crippen LogP) is 11.1. The van der Waals surface area contributed by atoms with Crippen LogP contribution in [0.3, 0.4) is 0 Å². The molecular formula is C46H33N. The summed E-state index contributed by atoms with van der Waals surface area (Å²) in [4.78, 5) is 4.59. The smallest absolute Gasteiger partial charge is 0.0708 e. The van der Waals surface area contributed by atoms with E-state index in [1.807, 2.05) is 6.20 Å². The van der Waals surface area contributed by atoms with E-state index in [0.29, 0.717) is 0 Å². The average molecular weight is 600 g/mol. The van der Waals surface area contributed by atoms with Crippen molar-refractivity contribution in [2.75, 3.05) is 0 Å². The van der Waals surface area contributed by atoms with Crippen molar-refractivity contribution in [1.29, 1.82) is 0 Å². The fourth-order valence-corrected chi connectivity index (χ4v) is 5.83. The fraction of sp³-hybridized carbons (Fsp3) is 0.0217. The van der Waals surface area contributed by atoms with Gasteiger partial charge in [-0.2, -0.15) is 0 Å². The SMILES string of the molecule is Cc1ccc(-c2cc(-c3ccc(C#Cc4ccc(C(=C(c5ccccc5)c5ccccc5)c5ccccc5)cc4)cc3)ccn2)cc1. The van der Waals surface area contributed by atoms with Gasteiger partial charge in [-0.1, -0.05) is 157 Å². The molecule has 0 saturated carbocycles. The van der Waals surface area contributed by atoms with Gasteiger partial charge in [0.1, 0.15) is 0 Å². The van der Waals surface area contributed by atoms with Gasteiger partial charge in [0.05, 0.1) is 5.69 Å². The number of rotatable bonds is 6. The third-order valence-electron chi connectivity index (χ3n) is 8.29. The number of pyridine rings is 1. The fourth-order valence-electron chi connectivity index (χ4n) is 5.83. The lowest BCUT2D eigenvalue weighted by Crippen LogP contribution is -1.97. The molecule has 0 unspecified atom stereocenters. The van der Waals surface area contributed by atoms with Gasteiger partial charge in [-0.15, -0.1) is 0 Å². The average Bonchev–Trinajstić information content (AvgIpc) is 3.15. The topological polar surface area (TPSA) is 12.9 Å². The van der Waals surface area contributed by atoms with Crippen LogP contribution in [0.2, 0.25) is 0 Å². The van der Waals surface area contributed by atoms with E-state index in [2.05, 4.69) is 200 Å². The van der Waals surface area contributed by atoms with Crippen LogP contribution in [0.25, 0.3) is 33.5 Å². The van der Waals surface area contributed by atoms with Crippen molar-refractivity contribution < 1.29 is 0 Å². The Morgan fingerprint density at radius 3 is 1.32 bits per heavy atom. The monoisotopic (exact) mass is 599 g/mol. The molecule has 1 aromatic heterocycles. The molecule has 7 rings (SSSR count). The molecule has 0 atom stereocenters. The molecule has 0 N–H and O–H groups in total. The summed E-state index contributed by atoms with van der Waals surface area (Å²) in [6.45, 7) is 2.10. The lowest BCUT2D eigenvalue weighted by atomic mass is 9.85. The summed E-state index contributed by atoms with van der Waals surface area (Å²) in [6.07, 6.45) is 1.88. The number of hydrogen-bond acceptors (Lipinski definition) is 1. The maximum absolute atomic E-state index is 4.59. The molecule has 0 fully saturated rings.